The summed E-state index contributed by atoms with van der Waals surface area (Å²) < 4.78 is 0. The van der Waals surface area contributed by atoms with Gasteiger partial charge in [-0.05, 0) is 12.1 Å². The van der Waals surface area contributed by atoms with Gasteiger partial charge in [0.25, 0.3) is 5.91 Å². The Hall–Kier alpha value is -0.880. The third-order valence-electron chi connectivity index (χ3n) is 2.38. The predicted octanol–water partition coefficient (Wildman–Crippen LogP) is 1.37. The number of amides is 1. The molecule has 2 heterocycles. The van der Waals surface area contributed by atoms with Crippen LogP contribution in [0.25, 0.3) is 0 Å². The van der Waals surface area contributed by atoms with Crippen molar-refractivity contribution in [1.29, 1.82) is 0 Å². The fourth-order valence-electron chi connectivity index (χ4n) is 1.52. The highest BCUT2D eigenvalue weighted by atomic mass is 32.2. The van der Waals surface area contributed by atoms with Gasteiger partial charge >= 0.3 is 0 Å². The number of rotatable bonds is 3. The van der Waals surface area contributed by atoms with Crippen LogP contribution in [0.1, 0.15) is 10.5 Å². The number of nitrogens with one attached hydrogen (secondary N) is 1. The van der Waals surface area contributed by atoms with Gasteiger partial charge in [-0.1, -0.05) is 0 Å². The molecule has 0 bridgehead atoms. The van der Waals surface area contributed by atoms with Crippen LogP contribution in [-0.2, 0) is 0 Å². The summed E-state index contributed by atoms with van der Waals surface area (Å²) in [7, 11) is 0. The summed E-state index contributed by atoms with van der Waals surface area (Å²) in [6.45, 7) is 0.631. The highest BCUT2D eigenvalue weighted by Crippen LogP contribution is 2.23. The maximum absolute atomic E-state index is 11.8. The third kappa shape index (κ3) is 3.54. The summed E-state index contributed by atoms with van der Waals surface area (Å²) in [4.78, 5) is 15.6. The Morgan fingerprint density at radius 1 is 1.59 bits per heavy atom. The second-order valence-corrected chi connectivity index (χ2v) is 6.21. The Morgan fingerprint density at radius 3 is 3.18 bits per heavy atom. The molecule has 92 valence electrons. The molecule has 0 aliphatic carbocycles. The van der Waals surface area contributed by atoms with E-state index in [0.717, 1.165) is 11.5 Å². The summed E-state index contributed by atoms with van der Waals surface area (Å²) in [6.07, 6.45) is 1.50. The molecular weight excluding hydrogens is 256 g/mol. The zero-order valence-electron chi connectivity index (χ0n) is 9.26. The summed E-state index contributed by atoms with van der Waals surface area (Å²) >= 11 is 3.80. The first kappa shape index (κ1) is 12.6. The van der Waals surface area contributed by atoms with Crippen molar-refractivity contribution in [1.82, 2.24) is 10.3 Å². The molecule has 1 aromatic heterocycles. The van der Waals surface area contributed by atoms with E-state index in [1.807, 2.05) is 23.5 Å². The van der Waals surface area contributed by atoms with Crippen molar-refractivity contribution in [2.75, 3.05) is 23.8 Å². The molecule has 0 spiro atoms. The molecule has 2 N–H and O–H groups in total. The highest BCUT2D eigenvalue weighted by Gasteiger charge is 2.17. The number of aromatic hydroxyl groups is 1. The molecule has 17 heavy (non-hydrogen) atoms. The molecule has 1 aromatic rings. The molecule has 1 amide bonds. The predicted molar refractivity (Wildman–Crippen MR) is 71.8 cm³/mol. The standard InChI is InChI=1S/C11H14N2O2S2/c14-9-2-1-3-12-10(9)11(15)13-6-8-7-16-4-5-17-8/h1-3,8,14H,4-7H2,(H,13,15). The van der Waals surface area contributed by atoms with E-state index in [-0.39, 0.29) is 17.4 Å². The zero-order chi connectivity index (χ0) is 12.1. The quantitative estimate of drug-likeness (QED) is 0.868. The molecule has 4 nitrogen and oxygen atoms in total. The second kappa shape index (κ2) is 6.16. The maximum atomic E-state index is 11.8. The first-order valence-corrected chi connectivity index (χ1v) is 7.59. The second-order valence-electron chi connectivity index (χ2n) is 3.65. The molecule has 1 unspecified atom stereocenters. The molecular formula is C11H14N2O2S2. The van der Waals surface area contributed by atoms with Crippen LogP contribution in [0.3, 0.4) is 0 Å². The Morgan fingerprint density at radius 2 is 2.47 bits per heavy atom. The first-order chi connectivity index (χ1) is 8.27. The van der Waals surface area contributed by atoms with Crippen molar-refractivity contribution in [3.8, 4) is 5.75 Å². The number of hydrogen-bond donors (Lipinski definition) is 2. The van der Waals surface area contributed by atoms with E-state index in [9.17, 15) is 9.90 Å². The lowest BCUT2D eigenvalue weighted by Crippen LogP contribution is -2.33. The van der Waals surface area contributed by atoms with Gasteiger partial charge in [0.15, 0.2) is 5.69 Å². The van der Waals surface area contributed by atoms with E-state index < -0.39 is 0 Å². The van der Waals surface area contributed by atoms with Gasteiger partial charge in [0, 0.05) is 35.3 Å². The van der Waals surface area contributed by atoms with Crippen LogP contribution in [0.2, 0.25) is 0 Å². The van der Waals surface area contributed by atoms with Gasteiger partial charge in [0.1, 0.15) is 5.75 Å². The van der Waals surface area contributed by atoms with Crippen molar-refractivity contribution in [3.63, 3.8) is 0 Å². The van der Waals surface area contributed by atoms with Crippen LogP contribution in [-0.4, -0.2) is 45.1 Å². The summed E-state index contributed by atoms with van der Waals surface area (Å²) in [5.74, 6) is 3.02. The van der Waals surface area contributed by atoms with E-state index >= 15 is 0 Å². The molecule has 6 heteroatoms. The highest BCUT2D eigenvalue weighted by molar-refractivity contribution is 8.06. The minimum Gasteiger partial charge on any atom is -0.505 e. The van der Waals surface area contributed by atoms with Gasteiger partial charge in [-0.25, -0.2) is 4.98 Å². The van der Waals surface area contributed by atoms with E-state index in [2.05, 4.69) is 10.3 Å². The lowest BCUT2D eigenvalue weighted by molar-refractivity contribution is 0.0946. The molecule has 1 atom stereocenters. The lowest BCUT2D eigenvalue weighted by atomic mass is 10.3. The van der Waals surface area contributed by atoms with Crippen LogP contribution in [0.15, 0.2) is 18.3 Å². The first-order valence-electron chi connectivity index (χ1n) is 5.39. The molecule has 0 radical (unpaired) electrons. The van der Waals surface area contributed by atoms with Crippen LogP contribution in [0.5, 0.6) is 5.75 Å². The fraction of sp³-hybridized carbons (Fsp3) is 0.455. The summed E-state index contributed by atoms with van der Waals surface area (Å²) in [5, 5.41) is 12.8. The molecule has 1 saturated heterocycles. The Labute approximate surface area is 109 Å². The van der Waals surface area contributed by atoms with Crippen molar-refractivity contribution >= 4 is 29.4 Å². The van der Waals surface area contributed by atoms with Gasteiger partial charge < -0.3 is 10.4 Å². The normalized spacial score (nSPS) is 19.9. The number of thioether (sulfide) groups is 2. The Balaban J connectivity index is 1.87. The number of pyridine rings is 1. The lowest BCUT2D eigenvalue weighted by Gasteiger charge is -2.21. The van der Waals surface area contributed by atoms with Crippen LogP contribution in [0, 0.1) is 0 Å². The van der Waals surface area contributed by atoms with Crippen LogP contribution < -0.4 is 5.32 Å². The average molecular weight is 270 g/mol. The molecule has 0 aromatic carbocycles. The minimum atomic E-state index is -0.306. The number of carbonyl (C=O) groups excluding carboxylic acids is 1. The number of aromatic nitrogens is 1. The van der Waals surface area contributed by atoms with E-state index in [4.69, 9.17) is 0 Å². The van der Waals surface area contributed by atoms with Crippen molar-refractivity contribution in [2.24, 2.45) is 0 Å². The average Bonchev–Trinajstić information content (AvgIpc) is 2.38. The van der Waals surface area contributed by atoms with E-state index in [0.29, 0.717) is 11.8 Å². The third-order valence-corrected chi connectivity index (χ3v) is 5.22. The molecule has 1 aliphatic heterocycles. The van der Waals surface area contributed by atoms with Crippen molar-refractivity contribution in [2.45, 2.75) is 5.25 Å². The molecule has 1 aliphatic rings. The maximum Gasteiger partial charge on any atom is 0.273 e. The number of hydrogen-bond acceptors (Lipinski definition) is 5. The summed E-state index contributed by atoms with van der Waals surface area (Å²) in [6, 6.07) is 3.06. The Bertz CT molecular complexity index is 395. The van der Waals surface area contributed by atoms with Crippen molar-refractivity contribution in [3.05, 3.63) is 24.0 Å². The molecule has 2 rings (SSSR count). The molecule has 0 saturated carbocycles. The largest absolute Gasteiger partial charge is 0.505 e. The molecule has 1 fully saturated rings. The summed E-state index contributed by atoms with van der Waals surface area (Å²) in [5.41, 5.74) is 0.0981. The van der Waals surface area contributed by atoms with Gasteiger partial charge in [-0.15, -0.1) is 0 Å². The minimum absolute atomic E-state index is 0.0735. The van der Waals surface area contributed by atoms with Gasteiger partial charge in [0.05, 0.1) is 0 Å². The number of carbonyl (C=O) groups is 1. The Kier molecular flexibility index (Phi) is 4.56. The van der Waals surface area contributed by atoms with Gasteiger partial charge in [-0.3, -0.25) is 4.79 Å². The van der Waals surface area contributed by atoms with E-state index in [1.165, 1.54) is 18.0 Å². The zero-order valence-corrected chi connectivity index (χ0v) is 10.9. The number of nitrogens with zero attached hydrogens (tertiary/aromatic N) is 1. The van der Waals surface area contributed by atoms with Crippen LogP contribution >= 0.6 is 23.5 Å². The van der Waals surface area contributed by atoms with Gasteiger partial charge in [0.2, 0.25) is 0 Å². The van der Waals surface area contributed by atoms with E-state index in [1.54, 1.807) is 6.07 Å². The topological polar surface area (TPSA) is 62.2 Å². The fourth-order valence-corrected chi connectivity index (χ4v) is 4.13. The van der Waals surface area contributed by atoms with Gasteiger partial charge in [-0.2, -0.15) is 23.5 Å². The van der Waals surface area contributed by atoms with Crippen molar-refractivity contribution < 1.29 is 9.90 Å². The smallest absolute Gasteiger partial charge is 0.273 e. The van der Waals surface area contributed by atoms with Crippen LogP contribution in [0.4, 0.5) is 0 Å². The SMILES string of the molecule is O=C(NCC1CSCCS1)c1ncccc1O. The monoisotopic (exact) mass is 270 g/mol.